The molecule has 1 aliphatic rings. The molecule has 1 saturated heterocycles. The molecule has 0 radical (unpaired) electrons. The van der Waals surface area contributed by atoms with Gasteiger partial charge in [-0.05, 0) is 24.7 Å². The van der Waals surface area contributed by atoms with Gasteiger partial charge in [-0.1, -0.05) is 48.5 Å². The summed E-state index contributed by atoms with van der Waals surface area (Å²) >= 11 is 0. The van der Waals surface area contributed by atoms with E-state index in [4.69, 9.17) is 0 Å². The summed E-state index contributed by atoms with van der Waals surface area (Å²) in [5.41, 5.74) is 4.42. The molecule has 2 aromatic rings. The maximum atomic E-state index is 12.9. The number of amides is 2. The molecule has 0 atom stereocenters. The van der Waals surface area contributed by atoms with Crippen LogP contribution in [-0.4, -0.2) is 54.9 Å². The number of rotatable bonds is 4. The normalized spacial score (nSPS) is 15.4. The molecule has 0 spiro atoms. The van der Waals surface area contributed by atoms with E-state index in [1.807, 2.05) is 72.7 Å². The van der Waals surface area contributed by atoms with Crippen LogP contribution in [0.5, 0.6) is 0 Å². The molecule has 6 nitrogen and oxygen atoms in total. The minimum Gasteiger partial charge on any atom is -0.304 e. The van der Waals surface area contributed by atoms with Gasteiger partial charge < -0.3 is 4.90 Å². The number of anilines is 1. The summed E-state index contributed by atoms with van der Waals surface area (Å²) in [5, 5.41) is 1.81. The van der Waals surface area contributed by atoms with E-state index >= 15 is 0 Å². The minimum absolute atomic E-state index is 0.347. The first-order chi connectivity index (χ1) is 12.6. The third-order valence-electron chi connectivity index (χ3n) is 4.45. The van der Waals surface area contributed by atoms with Crippen molar-refractivity contribution in [1.29, 1.82) is 0 Å². The number of para-hydroxylation sites is 1. The van der Waals surface area contributed by atoms with Crippen LogP contribution in [0.1, 0.15) is 5.56 Å². The van der Waals surface area contributed by atoms with Crippen molar-refractivity contribution in [3.05, 3.63) is 66.2 Å². The van der Waals surface area contributed by atoms with E-state index < -0.39 is 11.8 Å². The highest BCUT2D eigenvalue weighted by atomic mass is 16.2. The van der Waals surface area contributed by atoms with Crippen LogP contribution < -0.4 is 10.3 Å². The summed E-state index contributed by atoms with van der Waals surface area (Å²) in [6, 6.07) is 19.0. The Labute approximate surface area is 154 Å². The van der Waals surface area contributed by atoms with Crippen molar-refractivity contribution < 1.29 is 9.59 Å². The Hall–Kier alpha value is -2.70. The number of hydrogen-bond acceptors (Lipinski definition) is 4. The fourth-order valence-electron chi connectivity index (χ4n) is 2.89. The SMILES string of the molecule is CN1CCN(NC(=O)C(=O)N(Cc2ccccc2)c2ccccc2)CC1. The van der Waals surface area contributed by atoms with Crippen LogP contribution in [-0.2, 0) is 16.1 Å². The van der Waals surface area contributed by atoms with Crippen molar-refractivity contribution >= 4 is 17.5 Å². The fourth-order valence-corrected chi connectivity index (χ4v) is 2.89. The van der Waals surface area contributed by atoms with E-state index in [-0.39, 0.29) is 0 Å². The zero-order chi connectivity index (χ0) is 18.4. The lowest BCUT2D eigenvalue weighted by Crippen LogP contribution is -2.55. The van der Waals surface area contributed by atoms with Gasteiger partial charge in [-0.2, -0.15) is 0 Å². The maximum absolute atomic E-state index is 12.9. The molecule has 0 aliphatic carbocycles. The Morgan fingerprint density at radius 2 is 1.50 bits per heavy atom. The Balaban J connectivity index is 1.73. The summed E-state index contributed by atoms with van der Waals surface area (Å²) in [6.45, 7) is 3.49. The number of hydrogen-bond donors (Lipinski definition) is 1. The fraction of sp³-hybridized carbons (Fsp3) is 0.300. The first kappa shape index (κ1) is 18.1. The Morgan fingerprint density at radius 3 is 2.12 bits per heavy atom. The highest BCUT2D eigenvalue weighted by Crippen LogP contribution is 2.17. The second kappa shape index (κ2) is 8.60. The molecule has 0 saturated carbocycles. The Kier molecular flexibility index (Phi) is 5.99. The quantitative estimate of drug-likeness (QED) is 0.848. The molecule has 0 bridgehead atoms. The van der Waals surface area contributed by atoms with Gasteiger partial charge in [0, 0.05) is 31.9 Å². The first-order valence-electron chi connectivity index (χ1n) is 8.78. The molecule has 6 heteroatoms. The predicted octanol–water partition coefficient (Wildman–Crippen LogP) is 1.50. The maximum Gasteiger partial charge on any atom is 0.324 e. The molecule has 26 heavy (non-hydrogen) atoms. The van der Waals surface area contributed by atoms with Gasteiger partial charge in [-0.25, -0.2) is 5.01 Å². The van der Waals surface area contributed by atoms with E-state index in [9.17, 15) is 9.59 Å². The van der Waals surface area contributed by atoms with Crippen LogP contribution in [0.2, 0.25) is 0 Å². The average molecular weight is 352 g/mol. The average Bonchev–Trinajstić information content (AvgIpc) is 2.69. The molecule has 0 unspecified atom stereocenters. The van der Waals surface area contributed by atoms with Crippen molar-refractivity contribution in [2.24, 2.45) is 0 Å². The van der Waals surface area contributed by atoms with Crippen molar-refractivity contribution in [1.82, 2.24) is 15.3 Å². The molecule has 1 N–H and O–H groups in total. The molecule has 1 heterocycles. The second-order valence-electron chi connectivity index (χ2n) is 6.44. The van der Waals surface area contributed by atoms with E-state index in [0.717, 1.165) is 18.7 Å². The molecule has 2 amide bonds. The summed E-state index contributed by atoms with van der Waals surface area (Å²) in [5.74, 6) is -1.16. The molecule has 0 aromatic heterocycles. The van der Waals surface area contributed by atoms with Crippen LogP contribution in [0.15, 0.2) is 60.7 Å². The minimum atomic E-state index is -0.602. The topological polar surface area (TPSA) is 55.9 Å². The van der Waals surface area contributed by atoms with Gasteiger partial charge >= 0.3 is 11.8 Å². The molecule has 2 aromatic carbocycles. The van der Waals surface area contributed by atoms with E-state index in [0.29, 0.717) is 25.3 Å². The number of nitrogens with zero attached hydrogens (tertiary/aromatic N) is 3. The third kappa shape index (κ3) is 4.68. The highest BCUT2D eigenvalue weighted by molar-refractivity contribution is 6.40. The van der Waals surface area contributed by atoms with Gasteiger partial charge in [0.1, 0.15) is 0 Å². The van der Waals surface area contributed by atoms with Gasteiger partial charge in [0.25, 0.3) is 0 Å². The Morgan fingerprint density at radius 1 is 0.923 bits per heavy atom. The molecule has 1 aliphatic heterocycles. The molecule has 3 rings (SSSR count). The largest absolute Gasteiger partial charge is 0.324 e. The van der Waals surface area contributed by atoms with Crippen molar-refractivity contribution in [3.63, 3.8) is 0 Å². The number of nitrogens with one attached hydrogen (secondary N) is 1. The number of carbonyl (C=O) groups excluding carboxylic acids is 2. The molecular weight excluding hydrogens is 328 g/mol. The molecule has 136 valence electrons. The monoisotopic (exact) mass is 352 g/mol. The van der Waals surface area contributed by atoms with Crippen LogP contribution in [0.3, 0.4) is 0 Å². The van der Waals surface area contributed by atoms with Crippen LogP contribution >= 0.6 is 0 Å². The highest BCUT2D eigenvalue weighted by Gasteiger charge is 2.26. The molecular formula is C20H24N4O2. The van der Waals surface area contributed by atoms with Crippen LogP contribution in [0.25, 0.3) is 0 Å². The van der Waals surface area contributed by atoms with Crippen LogP contribution in [0.4, 0.5) is 5.69 Å². The number of benzene rings is 2. The van der Waals surface area contributed by atoms with E-state index in [1.165, 1.54) is 4.90 Å². The van der Waals surface area contributed by atoms with E-state index in [2.05, 4.69) is 10.3 Å². The van der Waals surface area contributed by atoms with Gasteiger partial charge in [0.05, 0.1) is 6.54 Å². The lowest BCUT2D eigenvalue weighted by atomic mass is 10.2. The number of likely N-dealkylation sites (N-methyl/N-ethyl adjacent to an activating group) is 1. The first-order valence-corrected chi connectivity index (χ1v) is 8.78. The zero-order valence-electron chi connectivity index (χ0n) is 15.0. The van der Waals surface area contributed by atoms with Crippen molar-refractivity contribution in [2.75, 3.05) is 38.1 Å². The number of piperazine rings is 1. The summed E-state index contributed by atoms with van der Waals surface area (Å²) in [6.07, 6.45) is 0. The second-order valence-corrected chi connectivity index (χ2v) is 6.44. The smallest absolute Gasteiger partial charge is 0.304 e. The summed E-state index contributed by atoms with van der Waals surface area (Å²) in [7, 11) is 2.04. The lowest BCUT2D eigenvalue weighted by Gasteiger charge is -2.32. The van der Waals surface area contributed by atoms with E-state index in [1.54, 1.807) is 0 Å². The zero-order valence-corrected chi connectivity index (χ0v) is 15.0. The van der Waals surface area contributed by atoms with Crippen molar-refractivity contribution in [3.8, 4) is 0 Å². The predicted molar refractivity (Wildman–Crippen MR) is 101 cm³/mol. The van der Waals surface area contributed by atoms with Gasteiger partial charge in [0.2, 0.25) is 0 Å². The standard InChI is InChI=1S/C20H24N4O2/c1-22-12-14-23(15-13-22)21-19(25)20(26)24(18-10-6-3-7-11-18)16-17-8-4-2-5-9-17/h2-11H,12-16H2,1H3,(H,21,25). The van der Waals surface area contributed by atoms with Gasteiger partial charge in [-0.15, -0.1) is 0 Å². The third-order valence-corrected chi connectivity index (χ3v) is 4.45. The van der Waals surface area contributed by atoms with Gasteiger partial charge in [-0.3, -0.25) is 19.9 Å². The van der Waals surface area contributed by atoms with Gasteiger partial charge in [0.15, 0.2) is 0 Å². The summed E-state index contributed by atoms with van der Waals surface area (Å²) < 4.78 is 0. The lowest BCUT2D eigenvalue weighted by molar-refractivity contribution is -0.141. The van der Waals surface area contributed by atoms with Crippen molar-refractivity contribution in [2.45, 2.75) is 6.54 Å². The summed E-state index contributed by atoms with van der Waals surface area (Å²) in [4.78, 5) is 29.1. The number of hydrazine groups is 1. The molecule has 1 fully saturated rings. The Bertz CT molecular complexity index is 728. The van der Waals surface area contributed by atoms with Crippen LogP contribution in [0, 0.1) is 0 Å². The number of carbonyl (C=O) groups is 2.